The van der Waals surface area contributed by atoms with E-state index in [1.807, 2.05) is 0 Å². The van der Waals surface area contributed by atoms with Gasteiger partial charge in [-0.1, -0.05) is 46.9 Å². The first-order valence-electron chi connectivity index (χ1n) is 5.39. The summed E-state index contributed by atoms with van der Waals surface area (Å²) in [6, 6.07) is 9.21. The van der Waals surface area contributed by atoms with Crippen LogP contribution in [0.2, 0.25) is 15.1 Å². The molecule has 0 aromatic heterocycles. The van der Waals surface area contributed by atoms with Gasteiger partial charge in [-0.2, -0.15) is 0 Å². The number of nitrogens with two attached hydrogens (primary N) is 1. The van der Waals surface area contributed by atoms with E-state index >= 15 is 0 Å². The normalized spacial score (nSPS) is 12.5. The third-order valence-corrected chi connectivity index (χ3v) is 3.77. The smallest absolute Gasteiger partial charge is 0.142 e. The van der Waals surface area contributed by atoms with Crippen molar-refractivity contribution < 1.29 is 4.39 Å². The van der Waals surface area contributed by atoms with Crippen LogP contribution in [0.4, 0.5) is 4.39 Å². The zero-order valence-electron chi connectivity index (χ0n) is 9.63. The summed E-state index contributed by atoms with van der Waals surface area (Å²) in [6.07, 6.45) is 0. The lowest BCUT2D eigenvalue weighted by Crippen LogP contribution is -2.28. The Balaban J connectivity index is 2.43. The maximum Gasteiger partial charge on any atom is 0.142 e. The molecule has 2 aromatic rings. The Bertz CT molecular complexity index is 553. The predicted octanol–water partition coefficient (Wildman–Crippen LogP) is 4.34. The highest BCUT2D eigenvalue weighted by atomic mass is 35.5. The van der Waals surface area contributed by atoms with Crippen molar-refractivity contribution in [3.63, 3.8) is 0 Å². The lowest BCUT2D eigenvalue weighted by atomic mass is 9.99. The lowest BCUT2D eigenvalue weighted by molar-refractivity contribution is 0.605. The van der Waals surface area contributed by atoms with E-state index in [0.717, 1.165) is 5.56 Å². The molecule has 0 aliphatic heterocycles. The molecule has 0 fully saturated rings. The molecule has 0 saturated carbocycles. The van der Waals surface area contributed by atoms with Crippen LogP contribution in [0, 0.1) is 5.82 Å². The molecular weight excluding hydrogens is 310 g/mol. The molecule has 0 aliphatic carbocycles. The molecule has 0 saturated heterocycles. The molecular formula is C13H10Cl3FN2. The average Bonchev–Trinajstić information content (AvgIpc) is 2.39. The van der Waals surface area contributed by atoms with Gasteiger partial charge in [-0.3, -0.25) is 5.84 Å². The summed E-state index contributed by atoms with van der Waals surface area (Å²) in [4.78, 5) is 0. The molecule has 19 heavy (non-hydrogen) atoms. The lowest BCUT2D eigenvalue weighted by Gasteiger charge is -2.17. The van der Waals surface area contributed by atoms with Crippen molar-refractivity contribution in [2.75, 3.05) is 0 Å². The van der Waals surface area contributed by atoms with Gasteiger partial charge in [-0.05, 0) is 35.4 Å². The van der Waals surface area contributed by atoms with E-state index in [2.05, 4.69) is 5.43 Å². The molecule has 0 heterocycles. The van der Waals surface area contributed by atoms with Crippen molar-refractivity contribution in [2.45, 2.75) is 6.04 Å². The Morgan fingerprint density at radius 2 is 1.47 bits per heavy atom. The van der Waals surface area contributed by atoms with E-state index in [-0.39, 0.29) is 5.02 Å². The van der Waals surface area contributed by atoms with Gasteiger partial charge in [0.1, 0.15) is 5.82 Å². The van der Waals surface area contributed by atoms with Crippen molar-refractivity contribution in [3.8, 4) is 0 Å². The fourth-order valence-electron chi connectivity index (χ4n) is 1.77. The van der Waals surface area contributed by atoms with E-state index < -0.39 is 11.9 Å². The molecule has 2 rings (SSSR count). The van der Waals surface area contributed by atoms with Gasteiger partial charge < -0.3 is 0 Å². The third kappa shape index (κ3) is 3.19. The summed E-state index contributed by atoms with van der Waals surface area (Å²) in [6.45, 7) is 0. The van der Waals surface area contributed by atoms with Crippen LogP contribution in [0.3, 0.4) is 0 Å². The Hall–Kier alpha value is -0.840. The van der Waals surface area contributed by atoms with Crippen LogP contribution in [0.1, 0.15) is 17.2 Å². The summed E-state index contributed by atoms with van der Waals surface area (Å²) in [5.41, 5.74) is 4.03. The summed E-state index contributed by atoms with van der Waals surface area (Å²) in [5.74, 6) is 5.03. The first-order chi connectivity index (χ1) is 9.02. The summed E-state index contributed by atoms with van der Waals surface area (Å²) >= 11 is 17.5. The minimum absolute atomic E-state index is 0.0636. The number of nitrogens with one attached hydrogen (secondary N) is 1. The zero-order valence-corrected chi connectivity index (χ0v) is 11.9. The Labute approximate surface area is 125 Å². The summed E-state index contributed by atoms with van der Waals surface area (Å²) < 4.78 is 13.5. The number of hydrazine groups is 1. The second-order valence-corrected chi connectivity index (χ2v) is 5.17. The SMILES string of the molecule is NNC(c1ccc(Cl)c(F)c1)c1ccc(Cl)c(Cl)c1. The molecule has 1 unspecified atom stereocenters. The molecule has 0 spiro atoms. The quantitative estimate of drug-likeness (QED) is 0.652. The second-order valence-electron chi connectivity index (χ2n) is 3.95. The highest BCUT2D eigenvalue weighted by Crippen LogP contribution is 2.29. The number of benzene rings is 2. The van der Waals surface area contributed by atoms with Crippen LogP contribution >= 0.6 is 34.8 Å². The molecule has 0 bridgehead atoms. The molecule has 2 nitrogen and oxygen atoms in total. The Kier molecular flexibility index (Phi) is 4.66. The van der Waals surface area contributed by atoms with Crippen molar-refractivity contribution in [2.24, 2.45) is 5.84 Å². The fraction of sp³-hybridized carbons (Fsp3) is 0.0769. The maximum atomic E-state index is 13.5. The van der Waals surface area contributed by atoms with E-state index in [4.69, 9.17) is 40.6 Å². The van der Waals surface area contributed by atoms with Gasteiger partial charge in [-0.15, -0.1) is 0 Å². The first kappa shape index (κ1) is 14.6. The maximum absolute atomic E-state index is 13.5. The molecule has 0 amide bonds. The molecule has 100 valence electrons. The zero-order chi connectivity index (χ0) is 14.0. The topological polar surface area (TPSA) is 38.0 Å². The average molecular weight is 320 g/mol. The van der Waals surface area contributed by atoms with Crippen LogP contribution in [0.25, 0.3) is 0 Å². The van der Waals surface area contributed by atoms with Crippen LogP contribution in [-0.4, -0.2) is 0 Å². The van der Waals surface area contributed by atoms with Gasteiger partial charge in [0.05, 0.1) is 21.1 Å². The minimum Gasteiger partial charge on any atom is -0.271 e. The third-order valence-electron chi connectivity index (χ3n) is 2.72. The standard InChI is InChI=1S/C13H10Cl3FN2/c14-9-3-1-7(5-11(9)16)13(19-18)8-2-4-10(15)12(17)6-8/h1-6,13,19H,18H2. The van der Waals surface area contributed by atoms with Crippen LogP contribution < -0.4 is 11.3 Å². The van der Waals surface area contributed by atoms with E-state index in [1.165, 1.54) is 12.1 Å². The van der Waals surface area contributed by atoms with Gasteiger partial charge in [-0.25, -0.2) is 9.82 Å². The Morgan fingerprint density at radius 3 is 2.00 bits per heavy atom. The highest BCUT2D eigenvalue weighted by Gasteiger charge is 2.15. The molecule has 2 aromatic carbocycles. The van der Waals surface area contributed by atoms with Gasteiger partial charge in [0.15, 0.2) is 0 Å². The van der Waals surface area contributed by atoms with Gasteiger partial charge in [0, 0.05) is 0 Å². The predicted molar refractivity (Wildman–Crippen MR) is 77.0 cm³/mol. The largest absolute Gasteiger partial charge is 0.271 e. The van der Waals surface area contributed by atoms with Crippen molar-refractivity contribution in [1.29, 1.82) is 0 Å². The number of hydrogen-bond donors (Lipinski definition) is 2. The van der Waals surface area contributed by atoms with E-state index in [0.29, 0.717) is 15.6 Å². The molecule has 0 radical (unpaired) electrons. The second kappa shape index (κ2) is 6.07. The van der Waals surface area contributed by atoms with Gasteiger partial charge in [0.2, 0.25) is 0 Å². The van der Waals surface area contributed by atoms with Gasteiger partial charge in [0.25, 0.3) is 0 Å². The molecule has 3 N–H and O–H groups in total. The van der Waals surface area contributed by atoms with E-state index in [9.17, 15) is 4.39 Å². The Morgan fingerprint density at radius 1 is 0.895 bits per heavy atom. The van der Waals surface area contributed by atoms with Gasteiger partial charge >= 0.3 is 0 Å². The van der Waals surface area contributed by atoms with Crippen molar-refractivity contribution in [3.05, 3.63) is 68.4 Å². The molecule has 6 heteroatoms. The van der Waals surface area contributed by atoms with Crippen LogP contribution in [0.5, 0.6) is 0 Å². The number of rotatable bonds is 3. The highest BCUT2D eigenvalue weighted by molar-refractivity contribution is 6.42. The van der Waals surface area contributed by atoms with Crippen LogP contribution in [-0.2, 0) is 0 Å². The van der Waals surface area contributed by atoms with Crippen molar-refractivity contribution >= 4 is 34.8 Å². The number of hydrogen-bond acceptors (Lipinski definition) is 2. The van der Waals surface area contributed by atoms with Crippen LogP contribution in [0.15, 0.2) is 36.4 Å². The number of halogens is 4. The van der Waals surface area contributed by atoms with Crippen molar-refractivity contribution in [1.82, 2.24) is 5.43 Å². The monoisotopic (exact) mass is 318 g/mol. The molecule has 1 atom stereocenters. The fourth-order valence-corrected chi connectivity index (χ4v) is 2.19. The summed E-state index contributed by atoms with van der Waals surface area (Å²) in [7, 11) is 0. The molecule has 0 aliphatic rings. The summed E-state index contributed by atoms with van der Waals surface area (Å²) in [5, 5.41) is 0.922. The first-order valence-corrected chi connectivity index (χ1v) is 6.52. The van der Waals surface area contributed by atoms with E-state index in [1.54, 1.807) is 24.3 Å². The minimum atomic E-state index is -0.500.